The highest BCUT2D eigenvalue weighted by Crippen LogP contribution is 2.41. The van der Waals surface area contributed by atoms with E-state index >= 15 is 4.39 Å². The number of hydrogen-bond acceptors (Lipinski definition) is 10. The predicted molar refractivity (Wildman–Crippen MR) is 145 cm³/mol. The maximum absolute atomic E-state index is 15.8. The average molecular weight is 554 g/mol. The van der Waals surface area contributed by atoms with Gasteiger partial charge in [-0.3, -0.25) is 24.6 Å². The first kappa shape index (κ1) is 27.6. The average Bonchev–Trinajstić information content (AvgIpc) is 3.27. The van der Waals surface area contributed by atoms with Gasteiger partial charge in [-0.2, -0.15) is 0 Å². The number of carbonyl (C=O) groups is 3. The molecule has 40 heavy (non-hydrogen) atoms. The number of rotatable bonds is 6. The van der Waals surface area contributed by atoms with Crippen molar-refractivity contribution in [1.29, 1.82) is 0 Å². The number of nitrogens with zero attached hydrogens (tertiary/aromatic N) is 2. The molecule has 0 saturated carbocycles. The molecule has 0 aromatic heterocycles. The molecule has 0 radical (unpaired) electrons. The summed E-state index contributed by atoms with van der Waals surface area (Å²) in [5.74, 6) is -4.53. The molecule has 15 heteroatoms. The maximum Gasteiger partial charge on any atom is 0.259 e. The van der Waals surface area contributed by atoms with Crippen LogP contribution in [0.2, 0.25) is 0 Å². The van der Waals surface area contributed by atoms with E-state index in [1.54, 1.807) is 0 Å². The van der Waals surface area contributed by atoms with E-state index in [-0.39, 0.29) is 77.1 Å². The lowest BCUT2D eigenvalue weighted by Crippen LogP contribution is -2.52. The number of morpholine rings is 1. The molecule has 0 bridgehead atoms. The Hall–Kier alpha value is -3.97. The first-order chi connectivity index (χ1) is 19.0. The monoisotopic (exact) mass is 554 g/mol. The molecule has 2 aromatic carbocycles. The maximum atomic E-state index is 15.8. The van der Waals surface area contributed by atoms with Gasteiger partial charge in [-0.25, -0.2) is 4.39 Å². The lowest BCUT2D eigenvalue weighted by Gasteiger charge is -2.29. The Balaban J connectivity index is 1.47. The SMILES string of the molecule is Bc1c(O)c(CNc2c(B)c(O)c(O)c3c2CN(C2CCC(=O)NC2=O)C3=O)c(F)c(CN2CCOCC2)c1O. The zero-order valence-corrected chi connectivity index (χ0v) is 22.1. The summed E-state index contributed by atoms with van der Waals surface area (Å²) >= 11 is 0. The van der Waals surface area contributed by atoms with Crippen LogP contribution in [-0.2, 0) is 34.0 Å². The fourth-order valence-corrected chi connectivity index (χ4v) is 5.57. The number of imide groups is 1. The highest BCUT2D eigenvalue weighted by molar-refractivity contribution is 6.39. The second-order valence-electron chi connectivity index (χ2n) is 10.3. The number of hydrogen-bond donors (Lipinski definition) is 6. The van der Waals surface area contributed by atoms with Gasteiger partial charge in [0.2, 0.25) is 11.8 Å². The van der Waals surface area contributed by atoms with Crippen molar-refractivity contribution in [3.05, 3.63) is 28.1 Å². The number of halogens is 1. The Morgan fingerprint density at radius 2 is 1.65 bits per heavy atom. The molecule has 3 aliphatic heterocycles. The van der Waals surface area contributed by atoms with Gasteiger partial charge in [0.1, 0.15) is 39.1 Å². The number of nitrogens with one attached hydrogen (secondary N) is 2. The molecule has 2 fully saturated rings. The van der Waals surface area contributed by atoms with Crippen LogP contribution in [0.3, 0.4) is 0 Å². The molecule has 3 aliphatic rings. The summed E-state index contributed by atoms with van der Waals surface area (Å²) in [6.07, 6.45) is 0.153. The molecular formula is C25H29B2FN4O8. The molecule has 3 amide bonds. The summed E-state index contributed by atoms with van der Waals surface area (Å²) in [5, 5.41) is 47.8. The number of phenols is 4. The summed E-state index contributed by atoms with van der Waals surface area (Å²) in [6.45, 7) is 1.81. The fourth-order valence-electron chi connectivity index (χ4n) is 5.57. The minimum absolute atomic E-state index is 0.0312. The molecule has 2 saturated heterocycles. The standard InChI is InChI=1S/C25H29B2FN4O8/c26-16-19(11-9-32(13-1-2-14(33)30-24(13)38)25(39)15(11)22(36)23(16)37)29-7-10-18(28)12(21(35)17(27)20(10)34)8-31-3-5-40-6-4-31/h13,29,34-37H,1-9,26-27H2,(H,30,33,38). The second kappa shape index (κ2) is 10.5. The van der Waals surface area contributed by atoms with Crippen LogP contribution in [0.5, 0.6) is 23.0 Å². The Labute approximate surface area is 230 Å². The number of benzene rings is 2. The van der Waals surface area contributed by atoms with Crippen LogP contribution in [0, 0.1) is 5.82 Å². The van der Waals surface area contributed by atoms with E-state index in [9.17, 15) is 34.8 Å². The van der Waals surface area contributed by atoms with Crippen molar-refractivity contribution in [3.8, 4) is 23.0 Å². The van der Waals surface area contributed by atoms with Crippen molar-refractivity contribution < 1.29 is 43.9 Å². The molecule has 2 aromatic rings. The summed E-state index contributed by atoms with van der Waals surface area (Å²) in [5.41, 5.74) is 0.512. The van der Waals surface area contributed by atoms with Gasteiger partial charge in [-0.1, -0.05) is 0 Å². The van der Waals surface area contributed by atoms with Crippen molar-refractivity contribution in [3.63, 3.8) is 0 Å². The van der Waals surface area contributed by atoms with Gasteiger partial charge in [0.05, 0.1) is 18.8 Å². The van der Waals surface area contributed by atoms with Crippen LogP contribution in [0.25, 0.3) is 0 Å². The molecule has 210 valence electrons. The topological polar surface area (TPSA) is 172 Å². The molecule has 6 N–H and O–H groups in total. The van der Waals surface area contributed by atoms with E-state index in [1.807, 2.05) is 4.90 Å². The van der Waals surface area contributed by atoms with E-state index in [0.717, 1.165) is 0 Å². The number of piperidine rings is 1. The first-order valence-electron chi connectivity index (χ1n) is 13.0. The van der Waals surface area contributed by atoms with E-state index in [2.05, 4.69) is 10.6 Å². The molecule has 12 nitrogen and oxygen atoms in total. The Kier molecular flexibility index (Phi) is 7.27. The van der Waals surface area contributed by atoms with Crippen LogP contribution in [0.1, 0.15) is 39.9 Å². The lowest BCUT2D eigenvalue weighted by atomic mass is 9.86. The largest absolute Gasteiger partial charge is 0.508 e. The van der Waals surface area contributed by atoms with Gasteiger partial charge in [0.15, 0.2) is 11.5 Å². The summed E-state index contributed by atoms with van der Waals surface area (Å²) < 4.78 is 21.1. The number of amides is 3. The van der Waals surface area contributed by atoms with Crippen LogP contribution >= 0.6 is 0 Å². The Bertz CT molecular complexity index is 1430. The Morgan fingerprint density at radius 1 is 0.975 bits per heavy atom. The number of fused-ring (bicyclic) bond motifs is 1. The first-order valence-corrected chi connectivity index (χ1v) is 13.0. The fraction of sp³-hybridized carbons (Fsp3) is 0.400. The molecule has 1 atom stereocenters. The van der Waals surface area contributed by atoms with Gasteiger partial charge in [-0.15, -0.1) is 0 Å². The Morgan fingerprint density at radius 3 is 2.33 bits per heavy atom. The van der Waals surface area contributed by atoms with Crippen molar-refractivity contribution >= 4 is 50.0 Å². The number of aromatic hydroxyl groups is 4. The van der Waals surface area contributed by atoms with Crippen molar-refractivity contribution in [2.75, 3.05) is 31.6 Å². The predicted octanol–water partition coefficient (Wildman–Crippen LogP) is -2.63. The van der Waals surface area contributed by atoms with Crippen molar-refractivity contribution in [2.24, 2.45) is 0 Å². The second-order valence-corrected chi connectivity index (χ2v) is 10.3. The zero-order valence-electron chi connectivity index (χ0n) is 22.1. The van der Waals surface area contributed by atoms with Crippen LogP contribution in [0.15, 0.2) is 0 Å². The number of ether oxygens (including phenoxy) is 1. The normalized spacial score (nSPS) is 19.6. The van der Waals surface area contributed by atoms with Gasteiger partial charge in [0.25, 0.3) is 5.91 Å². The number of phenolic OH excluding ortho intramolecular Hbond substituents is 4. The quantitative estimate of drug-likeness (QED) is 0.0961. The smallest absolute Gasteiger partial charge is 0.259 e. The molecule has 5 rings (SSSR count). The highest BCUT2D eigenvalue weighted by atomic mass is 19.1. The molecule has 0 spiro atoms. The zero-order chi connectivity index (χ0) is 28.9. The molecule has 0 aliphatic carbocycles. The highest BCUT2D eigenvalue weighted by Gasteiger charge is 2.42. The number of anilines is 1. The van der Waals surface area contributed by atoms with E-state index in [4.69, 9.17) is 4.74 Å². The van der Waals surface area contributed by atoms with Gasteiger partial charge >= 0.3 is 0 Å². The third-order valence-electron chi connectivity index (χ3n) is 7.92. The van der Waals surface area contributed by atoms with Crippen molar-refractivity contribution in [2.45, 2.75) is 38.5 Å². The summed E-state index contributed by atoms with van der Waals surface area (Å²) in [4.78, 5) is 40.5. The van der Waals surface area contributed by atoms with Crippen LogP contribution < -0.4 is 21.6 Å². The van der Waals surface area contributed by atoms with Gasteiger partial charge in [0, 0.05) is 61.5 Å². The van der Waals surface area contributed by atoms with Crippen molar-refractivity contribution in [1.82, 2.24) is 15.1 Å². The summed E-state index contributed by atoms with van der Waals surface area (Å²) in [6, 6.07) is -0.948. The summed E-state index contributed by atoms with van der Waals surface area (Å²) in [7, 11) is 2.97. The van der Waals surface area contributed by atoms with E-state index in [0.29, 0.717) is 26.3 Å². The molecule has 1 unspecified atom stereocenters. The van der Waals surface area contributed by atoms with Gasteiger partial charge in [-0.05, 0) is 17.3 Å². The minimum atomic E-state index is -0.948. The minimum Gasteiger partial charge on any atom is -0.508 e. The molecular weight excluding hydrogens is 525 g/mol. The lowest BCUT2D eigenvalue weighted by molar-refractivity contribution is -0.136. The van der Waals surface area contributed by atoms with E-state index in [1.165, 1.54) is 20.6 Å². The van der Waals surface area contributed by atoms with E-state index < -0.39 is 46.8 Å². The number of carbonyl (C=O) groups excluding carboxylic acids is 3. The van der Waals surface area contributed by atoms with Gasteiger partial charge < -0.3 is 35.4 Å². The molecule has 3 heterocycles. The van der Waals surface area contributed by atoms with Crippen LogP contribution in [0.4, 0.5) is 10.1 Å². The third kappa shape index (κ3) is 4.58. The van der Waals surface area contributed by atoms with Crippen LogP contribution in [-0.4, -0.2) is 96.0 Å². The third-order valence-corrected chi connectivity index (χ3v) is 7.92.